The van der Waals surface area contributed by atoms with Crippen LogP contribution in [0.4, 0.5) is 4.79 Å². The van der Waals surface area contributed by atoms with Gasteiger partial charge in [0, 0.05) is 40.5 Å². The van der Waals surface area contributed by atoms with E-state index in [1.165, 1.54) is 11.1 Å². The molecule has 0 saturated carbocycles. The van der Waals surface area contributed by atoms with Gasteiger partial charge < -0.3 is 10.6 Å². The van der Waals surface area contributed by atoms with Crippen LogP contribution in [0.3, 0.4) is 0 Å². The summed E-state index contributed by atoms with van der Waals surface area (Å²) in [4.78, 5) is 12.3. The molecule has 0 radical (unpaired) electrons. The lowest BCUT2D eigenvalue weighted by atomic mass is 9.96. The number of nitrogens with zero attached hydrogens (tertiary/aromatic N) is 2. The first kappa shape index (κ1) is 13.8. The van der Waals surface area contributed by atoms with E-state index >= 15 is 0 Å². The van der Waals surface area contributed by atoms with Crippen molar-refractivity contribution in [2.24, 2.45) is 0 Å². The summed E-state index contributed by atoms with van der Waals surface area (Å²) in [7, 11) is 0. The van der Waals surface area contributed by atoms with E-state index in [9.17, 15) is 4.79 Å². The Morgan fingerprint density at radius 1 is 1.36 bits per heavy atom. The quantitative estimate of drug-likeness (QED) is 0.895. The van der Waals surface area contributed by atoms with Gasteiger partial charge in [0.25, 0.3) is 0 Å². The molecule has 1 amide bonds. The molecular formula is C16H17ClN4O. The third kappa shape index (κ3) is 2.40. The second kappa shape index (κ2) is 5.41. The summed E-state index contributed by atoms with van der Waals surface area (Å²) < 4.78 is 1.35. The Morgan fingerprint density at radius 3 is 2.95 bits per heavy atom. The fourth-order valence-electron chi connectivity index (χ4n) is 3.48. The van der Waals surface area contributed by atoms with Crippen LogP contribution in [0.5, 0.6) is 0 Å². The van der Waals surface area contributed by atoms with Crippen LogP contribution < -0.4 is 10.6 Å². The van der Waals surface area contributed by atoms with Crippen molar-refractivity contribution in [3.05, 3.63) is 41.7 Å². The Morgan fingerprint density at radius 2 is 2.23 bits per heavy atom. The number of benzene rings is 1. The maximum Gasteiger partial charge on any atom is 0.342 e. The number of fused-ring (bicyclic) bond motifs is 2. The van der Waals surface area contributed by atoms with E-state index in [0.717, 1.165) is 24.0 Å². The average molecular weight is 317 g/mol. The lowest BCUT2D eigenvalue weighted by Gasteiger charge is -2.21. The number of hydrogen-bond acceptors (Lipinski definition) is 3. The number of amides is 1. The highest BCUT2D eigenvalue weighted by Crippen LogP contribution is 2.29. The zero-order chi connectivity index (χ0) is 15.1. The molecule has 2 fully saturated rings. The normalized spacial score (nSPS) is 26.3. The summed E-state index contributed by atoms with van der Waals surface area (Å²) in [5, 5.41) is 11.4. The van der Waals surface area contributed by atoms with E-state index in [-0.39, 0.29) is 12.1 Å². The van der Waals surface area contributed by atoms with Crippen LogP contribution in [-0.4, -0.2) is 33.9 Å². The molecule has 1 aromatic carbocycles. The van der Waals surface area contributed by atoms with Gasteiger partial charge in [-0.3, -0.25) is 0 Å². The smallest absolute Gasteiger partial charge is 0.332 e. The maximum atomic E-state index is 12.3. The highest BCUT2D eigenvalue weighted by molar-refractivity contribution is 6.33. The van der Waals surface area contributed by atoms with Crippen molar-refractivity contribution in [1.82, 2.24) is 20.4 Å². The molecule has 2 saturated heterocycles. The summed E-state index contributed by atoms with van der Waals surface area (Å²) >= 11 is 6.18. The summed E-state index contributed by atoms with van der Waals surface area (Å²) in [5.41, 5.74) is 1.72. The molecule has 1 aromatic heterocycles. The molecule has 0 aliphatic carbocycles. The van der Waals surface area contributed by atoms with E-state index in [1.807, 2.05) is 24.3 Å². The largest absolute Gasteiger partial charge is 0.342 e. The molecule has 3 heterocycles. The van der Waals surface area contributed by atoms with Crippen LogP contribution >= 0.6 is 11.6 Å². The molecule has 2 bridgehead atoms. The number of hydrogen-bond donors (Lipinski definition) is 2. The van der Waals surface area contributed by atoms with Crippen LogP contribution in [0.2, 0.25) is 5.02 Å². The Kier molecular flexibility index (Phi) is 3.39. The van der Waals surface area contributed by atoms with E-state index in [4.69, 9.17) is 11.6 Å². The molecule has 2 aromatic rings. The molecule has 5 nitrogen and oxygen atoms in total. The predicted octanol–water partition coefficient (Wildman–Crippen LogP) is 2.65. The number of aromatic nitrogens is 2. The van der Waals surface area contributed by atoms with Crippen molar-refractivity contribution in [1.29, 1.82) is 0 Å². The van der Waals surface area contributed by atoms with E-state index < -0.39 is 0 Å². The van der Waals surface area contributed by atoms with Gasteiger partial charge in [-0.1, -0.05) is 29.8 Å². The second-order valence-corrected chi connectivity index (χ2v) is 6.40. The first-order valence-electron chi connectivity index (χ1n) is 7.57. The molecule has 0 spiro atoms. The van der Waals surface area contributed by atoms with Crippen molar-refractivity contribution in [2.75, 3.05) is 0 Å². The van der Waals surface area contributed by atoms with Crippen LogP contribution in [0.15, 0.2) is 36.7 Å². The highest BCUT2D eigenvalue weighted by atomic mass is 35.5. The SMILES string of the molecule is O=C(N[C@@H]1C[C@H]2CC[C@@H]1N2)n1cc(-c2ccccc2Cl)cn1. The van der Waals surface area contributed by atoms with Crippen molar-refractivity contribution >= 4 is 17.6 Å². The Hall–Kier alpha value is -1.85. The molecular weight excluding hydrogens is 300 g/mol. The molecule has 6 heteroatoms. The minimum absolute atomic E-state index is 0.183. The molecule has 22 heavy (non-hydrogen) atoms. The molecule has 2 N–H and O–H groups in total. The van der Waals surface area contributed by atoms with Gasteiger partial charge in [0.15, 0.2) is 0 Å². The molecule has 114 valence electrons. The third-order valence-electron chi connectivity index (χ3n) is 4.58. The van der Waals surface area contributed by atoms with Crippen LogP contribution in [0.1, 0.15) is 19.3 Å². The lowest BCUT2D eigenvalue weighted by molar-refractivity contribution is 0.233. The number of nitrogens with one attached hydrogen (secondary N) is 2. The van der Waals surface area contributed by atoms with Gasteiger partial charge in [-0.25, -0.2) is 4.79 Å². The average Bonchev–Trinajstić information content (AvgIpc) is 3.24. The summed E-state index contributed by atoms with van der Waals surface area (Å²) in [5.74, 6) is 0. The fourth-order valence-corrected chi connectivity index (χ4v) is 3.72. The van der Waals surface area contributed by atoms with Crippen LogP contribution in [-0.2, 0) is 0 Å². The first-order chi connectivity index (χ1) is 10.7. The first-order valence-corrected chi connectivity index (χ1v) is 7.95. The molecule has 4 rings (SSSR count). The van der Waals surface area contributed by atoms with E-state index in [1.54, 1.807) is 12.4 Å². The highest BCUT2D eigenvalue weighted by Gasteiger charge is 2.39. The predicted molar refractivity (Wildman–Crippen MR) is 85.0 cm³/mol. The van der Waals surface area contributed by atoms with Crippen molar-refractivity contribution in [2.45, 2.75) is 37.4 Å². The van der Waals surface area contributed by atoms with Gasteiger partial charge in [0.2, 0.25) is 0 Å². The Balaban J connectivity index is 1.49. The number of carbonyl (C=O) groups excluding carboxylic acids is 1. The summed E-state index contributed by atoms with van der Waals surface area (Å²) in [6, 6.07) is 8.54. The zero-order valence-electron chi connectivity index (χ0n) is 12.0. The second-order valence-electron chi connectivity index (χ2n) is 5.99. The fraction of sp³-hybridized carbons (Fsp3) is 0.375. The van der Waals surface area contributed by atoms with Gasteiger partial charge in [-0.15, -0.1) is 0 Å². The molecule has 2 aliphatic rings. The number of carbonyl (C=O) groups is 1. The van der Waals surface area contributed by atoms with Gasteiger partial charge in [0.1, 0.15) is 0 Å². The monoisotopic (exact) mass is 316 g/mol. The number of halogens is 1. The van der Waals surface area contributed by atoms with Gasteiger partial charge in [-0.05, 0) is 25.3 Å². The summed E-state index contributed by atoms with van der Waals surface area (Å²) in [6.45, 7) is 0. The number of rotatable bonds is 2. The van der Waals surface area contributed by atoms with Crippen molar-refractivity contribution in [3.63, 3.8) is 0 Å². The Bertz CT molecular complexity index is 714. The Labute approximate surface area is 133 Å². The molecule has 0 unspecified atom stereocenters. The van der Waals surface area contributed by atoms with Crippen molar-refractivity contribution < 1.29 is 4.79 Å². The summed E-state index contributed by atoms with van der Waals surface area (Å²) in [6.07, 6.45) is 6.75. The maximum absolute atomic E-state index is 12.3. The van der Waals surface area contributed by atoms with Gasteiger partial charge in [0.05, 0.1) is 6.20 Å². The minimum atomic E-state index is -0.183. The van der Waals surface area contributed by atoms with Crippen LogP contribution in [0.25, 0.3) is 11.1 Å². The lowest BCUT2D eigenvalue weighted by Crippen LogP contribution is -2.44. The molecule has 3 atom stereocenters. The van der Waals surface area contributed by atoms with Crippen molar-refractivity contribution in [3.8, 4) is 11.1 Å². The van der Waals surface area contributed by atoms with Gasteiger partial charge in [-0.2, -0.15) is 9.78 Å². The topological polar surface area (TPSA) is 59.0 Å². The van der Waals surface area contributed by atoms with Crippen LogP contribution in [0, 0.1) is 0 Å². The zero-order valence-corrected chi connectivity index (χ0v) is 12.8. The minimum Gasteiger partial charge on any atom is -0.332 e. The standard InChI is InChI=1S/C16H17ClN4O/c17-13-4-2-1-3-12(13)10-8-18-21(9-10)16(22)20-15-7-11-5-6-14(15)19-11/h1-4,8-9,11,14-15,19H,5-7H2,(H,20,22)/t11-,14+,15-/m1/s1. The van der Waals surface area contributed by atoms with Gasteiger partial charge >= 0.3 is 6.03 Å². The van der Waals surface area contributed by atoms with E-state index in [2.05, 4.69) is 15.7 Å². The van der Waals surface area contributed by atoms with E-state index in [0.29, 0.717) is 17.1 Å². The molecule has 2 aliphatic heterocycles. The third-order valence-corrected chi connectivity index (χ3v) is 4.91.